The summed E-state index contributed by atoms with van der Waals surface area (Å²) in [5.41, 5.74) is 1.28. The molecule has 1 aliphatic rings. The molecule has 1 atom stereocenters. The number of benzene rings is 1. The predicted octanol–water partition coefficient (Wildman–Crippen LogP) is 3.26. The summed E-state index contributed by atoms with van der Waals surface area (Å²) in [5, 5.41) is 11.8. The van der Waals surface area contributed by atoms with E-state index in [9.17, 15) is 0 Å². The summed E-state index contributed by atoms with van der Waals surface area (Å²) in [5.74, 6) is 2.03. The van der Waals surface area contributed by atoms with Crippen LogP contribution in [0.3, 0.4) is 0 Å². The number of rotatable bonds is 6. The van der Waals surface area contributed by atoms with Crippen molar-refractivity contribution in [1.82, 2.24) is 25.0 Å². The van der Waals surface area contributed by atoms with Gasteiger partial charge in [0.1, 0.15) is 12.2 Å². The SMILES string of the molecule is CCc1nncn1CCN=C(NC(C)c1ccccc1)N1CCCC1.I. The zero-order valence-corrected chi connectivity index (χ0v) is 18.0. The molecule has 1 aromatic carbocycles. The summed E-state index contributed by atoms with van der Waals surface area (Å²) in [6.07, 6.45) is 5.17. The number of hydrogen-bond acceptors (Lipinski definition) is 3. The molecule has 0 saturated carbocycles. The van der Waals surface area contributed by atoms with E-state index in [1.54, 1.807) is 6.33 Å². The van der Waals surface area contributed by atoms with E-state index in [0.717, 1.165) is 44.4 Å². The molecule has 1 saturated heterocycles. The van der Waals surface area contributed by atoms with Gasteiger partial charge in [0.05, 0.1) is 12.6 Å². The number of aliphatic imine (C=N–C) groups is 1. The molecular formula is C19H29IN6. The van der Waals surface area contributed by atoms with E-state index in [0.29, 0.717) is 0 Å². The predicted molar refractivity (Wildman–Crippen MR) is 116 cm³/mol. The second-order valence-corrected chi connectivity index (χ2v) is 6.47. The van der Waals surface area contributed by atoms with Crippen molar-refractivity contribution in [3.8, 4) is 0 Å². The van der Waals surface area contributed by atoms with E-state index in [-0.39, 0.29) is 30.0 Å². The van der Waals surface area contributed by atoms with Crippen molar-refractivity contribution in [3.63, 3.8) is 0 Å². The summed E-state index contributed by atoms with van der Waals surface area (Å²) >= 11 is 0. The van der Waals surface area contributed by atoms with Gasteiger partial charge in [-0.3, -0.25) is 4.99 Å². The van der Waals surface area contributed by atoms with Crippen LogP contribution in [0.25, 0.3) is 0 Å². The first-order valence-electron chi connectivity index (χ1n) is 9.25. The fourth-order valence-corrected chi connectivity index (χ4v) is 3.19. The first-order chi connectivity index (χ1) is 12.3. The lowest BCUT2D eigenvalue weighted by atomic mass is 10.1. The van der Waals surface area contributed by atoms with E-state index in [1.165, 1.54) is 18.4 Å². The zero-order valence-electron chi connectivity index (χ0n) is 15.6. The minimum atomic E-state index is 0. The highest BCUT2D eigenvalue weighted by atomic mass is 127. The Kier molecular flexibility index (Phi) is 8.34. The Labute approximate surface area is 173 Å². The first-order valence-corrected chi connectivity index (χ1v) is 9.25. The zero-order chi connectivity index (χ0) is 17.5. The second-order valence-electron chi connectivity index (χ2n) is 6.47. The van der Waals surface area contributed by atoms with Gasteiger partial charge < -0.3 is 14.8 Å². The standard InChI is InChI=1S/C19H28N6.HI/c1-3-18-23-21-15-25(18)14-11-20-19(24-12-7-8-13-24)22-16(2)17-9-5-4-6-10-17;/h4-6,9-10,15-16H,3,7-8,11-14H2,1-2H3,(H,20,22);1H. The third kappa shape index (κ3) is 5.43. The topological polar surface area (TPSA) is 58.3 Å². The molecule has 3 rings (SSSR count). The summed E-state index contributed by atoms with van der Waals surface area (Å²) in [4.78, 5) is 7.24. The van der Waals surface area contributed by atoms with Crippen molar-refractivity contribution in [2.75, 3.05) is 19.6 Å². The van der Waals surface area contributed by atoms with Crippen LogP contribution in [0.5, 0.6) is 0 Å². The molecule has 1 unspecified atom stereocenters. The lowest BCUT2D eigenvalue weighted by molar-refractivity contribution is 0.477. The van der Waals surface area contributed by atoms with Gasteiger partial charge in [-0.05, 0) is 25.3 Å². The molecule has 0 bridgehead atoms. The minimum absolute atomic E-state index is 0. The highest BCUT2D eigenvalue weighted by Crippen LogP contribution is 2.14. The average molecular weight is 468 g/mol. The van der Waals surface area contributed by atoms with Crippen molar-refractivity contribution < 1.29 is 0 Å². The second kappa shape index (κ2) is 10.5. The quantitative estimate of drug-likeness (QED) is 0.402. The molecule has 0 spiro atoms. The van der Waals surface area contributed by atoms with Gasteiger partial charge in [-0.15, -0.1) is 34.2 Å². The normalized spacial score (nSPS) is 15.6. The molecule has 1 aliphatic heterocycles. The van der Waals surface area contributed by atoms with Gasteiger partial charge in [-0.1, -0.05) is 37.3 Å². The Morgan fingerprint density at radius 1 is 1.23 bits per heavy atom. The summed E-state index contributed by atoms with van der Waals surface area (Å²) < 4.78 is 2.09. The molecule has 1 fully saturated rings. The van der Waals surface area contributed by atoms with Crippen molar-refractivity contribution in [3.05, 3.63) is 48.0 Å². The van der Waals surface area contributed by atoms with Gasteiger partial charge in [0, 0.05) is 26.1 Å². The van der Waals surface area contributed by atoms with Crippen LogP contribution in [0.1, 0.15) is 44.1 Å². The van der Waals surface area contributed by atoms with Gasteiger partial charge in [-0.2, -0.15) is 0 Å². The Morgan fingerprint density at radius 3 is 2.65 bits per heavy atom. The summed E-state index contributed by atoms with van der Waals surface area (Å²) in [6, 6.07) is 10.8. The monoisotopic (exact) mass is 468 g/mol. The number of halogens is 1. The van der Waals surface area contributed by atoms with Crippen LogP contribution in [0.4, 0.5) is 0 Å². The highest BCUT2D eigenvalue weighted by Gasteiger charge is 2.18. The number of nitrogens with one attached hydrogen (secondary N) is 1. The highest BCUT2D eigenvalue weighted by molar-refractivity contribution is 14.0. The van der Waals surface area contributed by atoms with Crippen LogP contribution in [0.15, 0.2) is 41.7 Å². The lowest BCUT2D eigenvalue weighted by Crippen LogP contribution is -2.41. The maximum absolute atomic E-state index is 4.88. The third-order valence-corrected chi connectivity index (χ3v) is 4.67. The summed E-state index contributed by atoms with van der Waals surface area (Å²) in [6.45, 7) is 8.00. The number of likely N-dealkylation sites (tertiary alicyclic amines) is 1. The van der Waals surface area contributed by atoms with Gasteiger partial charge in [0.15, 0.2) is 5.96 Å². The molecule has 7 heteroatoms. The molecule has 2 aromatic rings. The number of nitrogens with zero attached hydrogens (tertiary/aromatic N) is 5. The van der Waals surface area contributed by atoms with Gasteiger partial charge in [-0.25, -0.2) is 0 Å². The molecular weight excluding hydrogens is 439 g/mol. The van der Waals surface area contributed by atoms with E-state index in [2.05, 4.69) is 69.2 Å². The third-order valence-electron chi connectivity index (χ3n) is 4.67. The van der Waals surface area contributed by atoms with Crippen molar-refractivity contribution >= 4 is 29.9 Å². The first kappa shape index (κ1) is 20.7. The van der Waals surface area contributed by atoms with E-state index >= 15 is 0 Å². The van der Waals surface area contributed by atoms with Gasteiger partial charge in [0.2, 0.25) is 0 Å². The Hall–Kier alpha value is -1.64. The van der Waals surface area contributed by atoms with E-state index < -0.39 is 0 Å². The number of guanidine groups is 1. The van der Waals surface area contributed by atoms with Crippen molar-refractivity contribution in [2.45, 2.75) is 45.7 Å². The Balaban J connectivity index is 0.00000243. The van der Waals surface area contributed by atoms with Gasteiger partial charge >= 0.3 is 0 Å². The molecule has 1 aromatic heterocycles. The molecule has 2 heterocycles. The van der Waals surface area contributed by atoms with Gasteiger partial charge in [0.25, 0.3) is 0 Å². The molecule has 142 valence electrons. The van der Waals surface area contributed by atoms with Crippen LogP contribution in [0, 0.1) is 0 Å². The van der Waals surface area contributed by atoms with Crippen LogP contribution in [0.2, 0.25) is 0 Å². The van der Waals surface area contributed by atoms with Crippen molar-refractivity contribution in [2.24, 2.45) is 4.99 Å². The average Bonchev–Trinajstić information content (AvgIpc) is 3.33. The fraction of sp³-hybridized carbons (Fsp3) is 0.526. The molecule has 0 amide bonds. The smallest absolute Gasteiger partial charge is 0.194 e. The largest absolute Gasteiger partial charge is 0.350 e. The Morgan fingerprint density at radius 2 is 1.96 bits per heavy atom. The van der Waals surface area contributed by atoms with Crippen LogP contribution >= 0.6 is 24.0 Å². The lowest BCUT2D eigenvalue weighted by Gasteiger charge is -2.25. The van der Waals surface area contributed by atoms with Crippen molar-refractivity contribution in [1.29, 1.82) is 0 Å². The summed E-state index contributed by atoms with van der Waals surface area (Å²) in [7, 11) is 0. The fourth-order valence-electron chi connectivity index (χ4n) is 3.19. The molecule has 26 heavy (non-hydrogen) atoms. The minimum Gasteiger partial charge on any atom is -0.350 e. The van der Waals surface area contributed by atoms with Crippen LogP contribution < -0.4 is 5.32 Å². The molecule has 0 aliphatic carbocycles. The maximum atomic E-state index is 4.88. The Bertz CT molecular complexity index is 678. The van der Waals surface area contributed by atoms with Crippen LogP contribution in [-0.2, 0) is 13.0 Å². The molecule has 1 N–H and O–H groups in total. The molecule has 0 radical (unpaired) electrons. The maximum Gasteiger partial charge on any atom is 0.194 e. The van der Waals surface area contributed by atoms with E-state index in [1.807, 2.05) is 0 Å². The number of aryl methyl sites for hydroxylation is 1. The number of aromatic nitrogens is 3. The molecule has 6 nitrogen and oxygen atoms in total. The number of hydrogen-bond donors (Lipinski definition) is 1. The van der Waals surface area contributed by atoms with Crippen LogP contribution in [-0.4, -0.2) is 45.3 Å². The van der Waals surface area contributed by atoms with E-state index in [4.69, 9.17) is 4.99 Å².